The summed E-state index contributed by atoms with van der Waals surface area (Å²) < 4.78 is 10.7. The van der Waals surface area contributed by atoms with Crippen molar-refractivity contribution in [2.75, 3.05) is 30.0 Å². The third-order valence-electron chi connectivity index (χ3n) is 5.10. The van der Waals surface area contributed by atoms with Crippen molar-refractivity contribution in [3.63, 3.8) is 0 Å². The van der Waals surface area contributed by atoms with E-state index in [-0.39, 0.29) is 25.5 Å². The van der Waals surface area contributed by atoms with Crippen molar-refractivity contribution >= 4 is 29.2 Å². The Kier molecular flexibility index (Phi) is 7.65. The zero-order valence-electron chi connectivity index (χ0n) is 17.9. The molecule has 3 rings (SSSR count). The Balaban J connectivity index is 1.51. The molecule has 7 nitrogen and oxygen atoms in total. The lowest BCUT2D eigenvalue weighted by molar-refractivity contribution is -0.151. The second kappa shape index (κ2) is 10.6. The van der Waals surface area contributed by atoms with Gasteiger partial charge in [0.15, 0.2) is 6.61 Å². The SMILES string of the molecule is CCCOc1ccc(N2C[C@@H](C(=O)OCC(=O)Nc3ccccc3CC)CC2=O)cc1. The largest absolute Gasteiger partial charge is 0.494 e. The topological polar surface area (TPSA) is 84.9 Å². The monoisotopic (exact) mass is 424 g/mol. The summed E-state index contributed by atoms with van der Waals surface area (Å²) in [4.78, 5) is 38.6. The van der Waals surface area contributed by atoms with Gasteiger partial charge < -0.3 is 19.7 Å². The summed E-state index contributed by atoms with van der Waals surface area (Å²) in [6.45, 7) is 4.51. The van der Waals surface area contributed by atoms with E-state index in [0.29, 0.717) is 18.0 Å². The van der Waals surface area contributed by atoms with Gasteiger partial charge in [-0.3, -0.25) is 14.4 Å². The number of ether oxygens (including phenoxy) is 2. The number of para-hydroxylation sites is 1. The van der Waals surface area contributed by atoms with Crippen LogP contribution >= 0.6 is 0 Å². The normalized spacial score (nSPS) is 15.6. The van der Waals surface area contributed by atoms with E-state index in [0.717, 1.165) is 24.2 Å². The molecule has 2 aromatic carbocycles. The molecular weight excluding hydrogens is 396 g/mol. The lowest BCUT2D eigenvalue weighted by atomic mass is 10.1. The molecule has 7 heteroatoms. The zero-order chi connectivity index (χ0) is 22.2. The predicted octanol–water partition coefficient (Wildman–Crippen LogP) is 3.57. The van der Waals surface area contributed by atoms with Gasteiger partial charge in [-0.2, -0.15) is 0 Å². The molecule has 31 heavy (non-hydrogen) atoms. The van der Waals surface area contributed by atoms with Crippen LogP contribution in [0.2, 0.25) is 0 Å². The molecule has 1 heterocycles. The highest BCUT2D eigenvalue weighted by Gasteiger charge is 2.36. The van der Waals surface area contributed by atoms with Gasteiger partial charge >= 0.3 is 5.97 Å². The van der Waals surface area contributed by atoms with E-state index in [1.54, 1.807) is 17.0 Å². The van der Waals surface area contributed by atoms with Crippen molar-refractivity contribution in [2.24, 2.45) is 5.92 Å². The number of anilines is 2. The van der Waals surface area contributed by atoms with E-state index in [4.69, 9.17) is 9.47 Å². The molecule has 0 radical (unpaired) electrons. The first-order chi connectivity index (χ1) is 15.0. The smallest absolute Gasteiger partial charge is 0.311 e. The number of benzene rings is 2. The van der Waals surface area contributed by atoms with Crippen LogP contribution in [0.25, 0.3) is 0 Å². The standard InChI is InChI=1S/C24H28N2O5/c1-3-13-30-20-11-9-19(10-12-20)26-15-18(14-23(26)28)24(29)31-16-22(27)25-21-8-6-5-7-17(21)4-2/h5-12,18H,3-4,13-16H2,1-2H3,(H,25,27)/t18-/m0/s1. The Morgan fingerprint density at radius 1 is 1.10 bits per heavy atom. The number of hydrogen-bond donors (Lipinski definition) is 1. The lowest BCUT2D eigenvalue weighted by Crippen LogP contribution is -2.28. The molecule has 0 aromatic heterocycles. The summed E-state index contributed by atoms with van der Waals surface area (Å²) in [6.07, 6.45) is 1.76. The molecule has 1 N–H and O–H groups in total. The maximum absolute atomic E-state index is 12.4. The summed E-state index contributed by atoms with van der Waals surface area (Å²) in [5, 5.41) is 2.77. The van der Waals surface area contributed by atoms with E-state index in [1.165, 1.54) is 0 Å². The van der Waals surface area contributed by atoms with Crippen LogP contribution in [0.1, 0.15) is 32.3 Å². The number of carbonyl (C=O) groups is 3. The fourth-order valence-corrected chi connectivity index (χ4v) is 3.45. The van der Waals surface area contributed by atoms with Crippen LogP contribution in [0.15, 0.2) is 48.5 Å². The van der Waals surface area contributed by atoms with Gasteiger partial charge in [0.05, 0.1) is 12.5 Å². The van der Waals surface area contributed by atoms with Crippen molar-refractivity contribution in [3.8, 4) is 5.75 Å². The second-order valence-corrected chi connectivity index (χ2v) is 7.41. The summed E-state index contributed by atoms with van der Waals surface area (Å²) in [5.41, 5.74) is 2.42. The first kappa shape index (κ1) is 22.3. The highest BCUT2D eigenvalue weighted by molar-refractivity contribution is 6.00. The van der Waals surface area contributed by atoms with Crippen molar-refractivity contribution in [3.05, 3.63) is 54.1 Å². The fourth-order valence-electron chi connectivity index (χ4n) is 3.45. The average Bonchev–Trinajstić information content (AvgIpc) is 3.18. The highest BCUT2D eigenvalue weighted by atomic mass is 16.5. The van der Waals surface area contributed by atoms with Crippen LogP contribution in [0.3, 0.4) is 0 Å². The molecule has 1 atom stereocenters. The number of hydrogen-bond acceptors (Lipinski definition) is 5. The van der Waals surface area contributed by atoms with Gasteiger partial charge in [-0.1, -0.05) is 32.0 Å². The number of esters is 1. The molecular formula is C24H28N2O5. The number of amides is 2. The van der Waals surface area contributed by atoms with Crippen LogP contribution in [-0.4, -0.2) is 37.5 Å². The first-order valence-corrected chi connectivity index (χ1v) is 10.6. The Labute approximate surface area is 182 Å². The molecule has 1 fully saturated rings. The quantitative estimate of drug-likeness (QED) is 0.622. The Hall–Kier alpha value is -3.35. The molecule has 1 aliphatic rings. The maximum atomic E-state index is 12.4. The Morgan fingerprint density at radius 2 is 1.84 bits per heavy atom. The van der Waals surface area contributed by atoms with Crippen molar-refractivity contribution in [1.29, 1.82) is 0 Å². The summed E-state index contributed by atoms with van der Waals surface area (Å²) in [7, 11) is 0. The van der Waals surface area contributed by atoms with Gasteiger partial charge in [0.25, 0.3) is 5.91 Å². The van der Waals surface area contributed by atoms with E-state index < -0.39 is 17.8 Å². The molecule has 164 valence electrons. The molecule has 1 aliphatic heterocycles. The minimum Gasteiger partial charge on any atom is -0.494 e. The van der Waals surface area contributed by atoms with Crippen LogP contribution in [-0.2, 0) is 25.5 Å². The fraction of sp³-hybridized carbons (Fsp3) is 0.375. The van der Waals surface area contributed by atoms with Crippen LogP contribution in [0.5, 0.6) is 5.75 Å². The van der Waals surface area contributed by atoms with E-state index in [1.807, 2.05) is 50.2 Å². The zero-order valence-corrected chi connectivity index (χ0v) is 17.9. The van der Waals surface area contributed by atoms with Crippen LogP contribution < -0.4 is 15.0 Å². The van der Waals surface area contributed by atoms with Crippen molar-refractivity contribution < 1.29 is 23.9 Å². The second-order valence-electron chi connectivity index (χ2n) is 7.41. The summed E-state index contributed by atoms with van der Waals surface area (Å²) >= 11 is 0. The average molecular weight is 424 g/mol. The molecule has 2 aromatic rings. The number of rotatable bonds is 9. The Bertz CT molecular complexity index is 926. The minimum absolute atomic E-state index is 0.0627. The lowest BCUT2D eigenvalue weighted by Gasteiger charge is -2.17. The van der Waals surface area contributed by atoms with Crippen molar-refractivity contribution in [1.82, 2.24) is 0 Å². The predicted molar refractivity (Wildman–Crippen MR) is 118 cm³/mol. The van der Waals surface area contributed by atoms with Gasteiger partial charge in [-0.25, -0.2) is 0 Å². The third-order valence-corrected chi connectivity index (χ3v) is 5.10. The molecule has 0 saturated carbocycles. The van der Waals surface area contributed by atoms with E-state index >= 15 is 0 Å². The highest BCUT2D eigenvalue weighted by Crippen LogP contribution is 2.27. The number of nitrogens with one attached hydrogen (secondary N) is 1. The molecule has 0 bridgehead atoms. The van der Waals surface area contributed by atoms with Gasteiger partial charge in [0.2, 0.25) is 5.91 Å². The van der Waals surface area contributed by atoms with Crippen molar-refractivity contribution in [2.45, 2.75) is 33.1 Å². The molecule has 0 aliphatic carbocycles. The molecule has 0 spiro atoms. The van der Waals surface area contributed by atoms with E-state index in [2.05, 4.69) is 5.32 Å². The van der Waals surface area contributed by atoms with Gasteiger partial charge in [-0.15, -0.1) is 0 Å². The summed E-state index contributed by atoms with van der Waals surface area (Å²) in [6, 6.07) is 14.7. The van der Waals surface area contributed by atoms with Gasteiger partial charge in [-0.05, 0) is 48.7 Å². The Morgan fingerprint density at radius 3 is 2.55 bits per heavy atom. The number of aryl methyl sites for hydroxylation is 1. The van der Waals surface area contributed by atoms with Gasteiger partial charge in [0.1, 0.15) is 5.75 Å². The number of carbonyl (C=O) groups excluding carboxylic acids is 3. The molecule has 1 saturated heterocycles. The maximum Gasteiger partial charge on any atom is 0.311 e. The third kappa shape index (κ3) is 5.84. The van der Waals surface area contributed by atoms with Crippen LogP contribution in [0.4, 0.5) is 11.4 Å². The summed E-state index contributed by atoms with van der Waals surface area (Å²) in [5.74, 6) is -0.954. The van der Waals surface area contributed by atoms with E-state index in [9.17, 15) is 14.4 Å². The minimum atomic E-state index is -0.598. The molecule has 2 amide bonds. The first-order valence-electron chi connectivity index (χ1n) is 10.6. The number of nitrogens with zero attached hydrogens (tertiary/aromatic N) is 1. The molecule has 0 unspecified atom stereocenters. The van der Waals surface area contributed by atoms with Gasteiger partial charge in [0, 0.05) is 24.3 Å². The van der Waals surface area contributed by atoms with Crippen LogP contribution in [0, 0.1) is 5.92 Å².